The van der Waals surface area contributed by atoms with Gasteiger partial charge in [-0.05, 0) is 31.5 Å². The summed E-state index contributed by atoms with van der Waals surface area (Å²) in [7, 11) is 0. The molecule has 3 heteroatoms. The number of piperidine rings is 1. The second-order valence-corrected chi connectivity index (χ2v) is 4.44. The van der Waals surface area contributed by atoms with Crippen molar-refractivity contribution in [2.75, 3.05) is 13.1 Å². The molecule has 1 fully saturated rings. The van der Waals surface area contributed by atoms with Crippen LogP contribution in [-0.4, -0.2) is 25.0 Å². The number of halogens is 1. The van der Waals surface area contributed by atoms with Crippen molar-refractivity contribution < 1.29 is 9.18 Å². The van der Waals surface area contributed by atoms with E-state index >= 15 is 0 Å². The summed E-state index contributed by atoms with van der Waals surface area (Å²) >= 11 is 0. The van der Waals surface area contributed by atoms with Crippen molar-refractivity contribution in [3.63, 3.8) is 0 Å². The van der Waals surface area contributed by atoms with Crippen LogP contribution in [0.15, 0.2) is 24.3 Å². The van der Waals surface area contributed by atoms with E-state index in [1.165, 1.54) is 0 Å². The predicted molar refractivity (Wildman–Crippen MR) is 61.5 cm³/mol. The van der Waals surface area contributed by atoms with E-state index in [4.69, 9.17) is 0 Å². The van der Waals surface area contributed by atoms with Gasteiger partial charge in [0.1, 0.15) is 12.0 Å². The number of benzene rings is 1. The molecule has 0 radical (unpaired) electrons. The van der Waals surface area contributed by atoms with Crippen LogP contribution in [0.1, 0.15) is 28.8 Å². The van der Waals surface area contributed by atoms with Crippen LogP contribution in [-0.2, 0) is 6.42 Å². The molecule has 1 heterocycles. The Morgan fingerprint density at radius 1 is 1.25 bits per heavy atom. The zero-order chi connectivity index (χ0) is 11.4. The summed E-state index contributed by atoms with van der Waals surface area (Å²) in [6, 6.07) is 7.17. The Morgan fingerprint density at radius 2 is 1.88 bits per heavy atom. The van der Waals surface area contributed by atoms with Gasteiger partial charge in [0, 0.05) is 12.0 Å². The minimum atomic E-state index is -1.08. The van der Waals surface area contributed by atoms with Crippen molar-refractivity contribution >= 4 is 6.29 Å². The number of hydrogen-bond acceptors (Lipinski definition) is 2. The van der Waals surface area contributed by atoms with Gasteiger partial charge in [-0.15, -0.1) is 0 Å². The molecule has 2 rings (SSSR count). The van der Waals surface area contributed by atoms with E-state index in [1.807, 2.05) is 12.1 Å². The number of nitrogens with one attached hydrogen (secondary N) is 1. The summed E-state index contributed by atoms with van der Waals surface area (Å²) in [5.41, 5.74) is 0.533. The fourth-order valence-electron chi connectivity index (χ4n) is 2.13. The van der Waals surface area contributed by atoms with E-state index in [0.29, 0.717) is 24.8 Å². The van der Waals surface area contributed by atoms with Crippen LogP contribution in [0, 0.1) is 0 Å². The van der Waals surface area contributed by atoms with Crippen molar-refractivity contribution in [1.82, 2.24) is 5.32 Å². The van der Waals surface area contributed by atoms with E-state index < -0.39 is 5.67 Å². The van der Waals surface area contributed by atoms with E-state index in [1.54, 1.807) is 12.1 Å². The fourth-order valence-corrected chi connectivity index (χ4v) is 2.13. The topological polar surface area (TPSA) is 29.1 Å². The zero-order valence-corrected chi connectivity index (χ0v) is 9.21. The first-order valence-corrected chi connectivity index (χ1v) is 5.66. The second-order valence-electron chi connectivity index (χ2n) is 4.44. The van der Waals surface area contributed by atoms with Gasteiger partial charge in [-0.1, -0.05) is 24.3 Å². The Morgan fingerprint density at radius 3 is 2.44 bits per heavy atom. The monoisotopic (exact) mass is 221 g/mol. The first-order valence-electron chi connectivity index (χ1n) is 5.66. The Labute approximate surface area is 94.9 Å². The normalized spacial score (nSPS) is 19.3. The van der Waals surface area contributed by atoms with Crippen molar-refractivity contribution in [2.45, 2.75) is 24.9 Å². The summed E-state index contributed by atoms with van der Waals surface area (Å²) in [5, 5.41) is 3.16. The van der Waals surface area contributed by atoms with Crippen LogP contribution in [0.25, 0.3) is 0 Å². The number of hydrogen-bond donors (Lipinski definition) is 1. The van der Waals surface area contributed by atoms with E-state index in [-0.39, 0.29) is 0 Å². The highest BCUT2D eigenvalue weighted by Crippen LogP contribution is 2.27. The molecular formula is C13H16FNO. The smallest absolute Gasteiger partial charge is 0.150 e. The number of rotatable bonds is 3. The van der Waals surface area contributed by atoms with Crippen molar-refractivity contribution in [3.8, 4) is 0 Å². The molecule has 0 saturated carbocycles. The highest BCUT2D eigenvalue weighted by molar-refractivity contribution is 5.74. The molecule has 1 aromatic carbocycles. The van der Waals surface area contributed by atoms with Gasteiger partial charge in [-0.2, -0.15) is 0 Å². The third-order valence-corrected chi connectivity index (χ3v) is 3.14. The van der Waals surface area contributed by atoms with Crippen LogP contribution < -0.4 is 5.32 Å². The van der Waals surface area contributed by atoms with Crippen LogP contribution in [0.4, 0.5) is 4.39 Å². The minimum Gasteiger partial charge on any atom is -0.316 e. The van der Waals surface area contributed by atoms with Gasteiger partial charge in [0.25, 0.3) is 0 Å². The highest BCUT2D eigenvalue weighted by atomic mass is 19.1. The SMILES string of the molecule is O=Cc1ccc(CC2(F)CCNCC2)cc1. The minimum absolute atomic E-state index is 0.452. The van der Waals surface area contributed by atoms with Gasteiger partial charge >= 0.3 is 0 Å². The number of carbonyl (C=O) groups is 1. The third kappa shape index (κ3) is 2.67. The lowest BCUT2D eigenvalue weighted by Crippen LogP contribution is -2.40. The highest BCUT2D eigenvalue weighted by Gasteiger charge is 2.31. The van der Waals surface area contributed by atoms with E-state index in [9.17, 15) is 9.18 Å². The summed E-state index contributed by atoms with van der Waals surface area (Å²) in [6.45, 7) is 1.51. The Bertz CT molecular complexity index is 355. The van der Waals surface area contributed by atoms with Crippen molar-refractivity contribution in [3.05, 3.63) is 35.4 Å². The largest absolute Gasteiger partial charge is 0.316 e. The predicted octanol–water partition coefficient (Wildman–Crippen LogP) is 2.13. The number of aldehydes is 1. The van der Waals surface area contributed by atoms with Crippen LogP contribution in [0.3, 0.4) is 0 Å². The quantitative estimate of drug-likeness (QED) is 0.792. The lowest BCUT2D eigenvalue weighted by atomic mass is 9.87. The van der Waals surface area contributed by atoms with Gasteiger partial charge in [-0.3, -0.25) is 4.79 Å². The van der Waals surface area contributed by atoms with E-state index in [0.717, 1.165) is 24.9 Å². The summed E-state index contributed by atoms with van der Waals surface area (Å²) < 4.78 is 14.3. The molecule has 0 unspecified atom stereocenters. The second kappa shape index (κ2) is 4.74. The third-order valence-electron chi connectivity index (χ3n) is 3.14. The maximum atomic E-state index is 14.3. The molecule has 0 amide bonds. The standard InChI is InChI=1S/C13H16FNO/c14-13(5-7-15-8-6-13)9-11-1-3-12(10-16)4-2-11/h1-4,10,15H,5-9H2. The Hall–Kier alpha value is -1.22. The molecule has 1 aliphatic heterocycles. The maximum Gasteiger partial charge on any atom is 0.150 e. The summed E-state index contributed by atoms with van der Waals surface area (Å²) in [4.78, 5) is 10.5. The van der Waals surface area contributed by atoms with Gasteiger partial charge < -0.3 is 5.32 Å². The van der Waals surface area contributed by atoms with Crippen molar-refractivity contribution in [2.24, 2.45) is 0 Å². The number of alkyl halides is 1. The average molecular weight is 221 g/mol. The molecule has 0 spiro atoms. The van der Waals surface area contributed by atoms with Crippen LogP contribution in [0.5, 0.6) is 0 Å². The lowest BCUT2D eigenvalue weighted by molar-refractivity contribution is 0.112. The molecule has 16 heavy (non-hydrogen) atoms. The van der Waals surface area contributed by atoms with Gasteiger partial charge in [0.15, 0.2) is 0 Å². The van der Waals surface area contributed by atoms with Gasteiger partial charge in [-0.25, -0.2) is 4.39 Å². The maximum absolute atomic E-state index is 14.3. The number of carbonyl (C=O) groups excluding carboxylic acids is 1. The molecule has 86 valence electrons. The molecule has 0 aliphatic carbocycles. The summed E-state index contributed by atoms with van der Waals surface area (Å²) in [5.74, 6) is 0. The average Bonchev–Trinajstić information content (AvgIpc) is 2.30. The molecule has 1 aromatic rings. The lowest BCUT2D eigenvalue weighted by Gasteiger charge is -2.30. The van der Waals surface area contributed by atoms with Crippen LogP contribution in [0.2, 0.25) is 0 Å². The molecule has 1 saturated heterocycles. The molecular weight excluding hydrogens is 205 g/mol. The van der Waals surface area contributed by atoms with Gasteiger partial charge in [0.2, 0.25) is 0 Å². The Kier molecular flexibility index (Phi) is 3.34. The Balaban J connectivity index is 2.04. The first-order chi connectivity index (χ1) is 7.72. The van der Waals surface area contributed by atoms with Crippen molar-refractivity contribution in [1.29, 1.82) is 0 Å². The van der Waals surface area contributed by atoms with E-state index in [2.05, 4.69) is 5.32 Å². The first kappa shape index (κ1) is 11.3. The zero-order valence-electron chi connectivity index (χ0n) is 9.21. The molecule has 1 N–H and O–H groups in total. The molecule has 1 aliphatic rings. The fraction of sp³-hybridized carbons (Fsp3) is 0.462. The molecule has 0 aromatic heterocycles. The van der Waals surface area contributed by atoms with Gasteiger partial charge in [0.05, 0.1) is 0 Å². The molecule has 0 atom stereocenters. The molecule has 2 nitrogen and oxygen atoms in total. The van der Waals surface area contributed by atoms with Crippen LogP contribution >= 0.6 is 0 Å². The molecule has 0 bridgehead atoms. The summed E-state index contributed by atoms with van der Waals surface area (Å²) in [6.07, 6.45) is 2.40.